The fraction of sp³-hybridized carbons (Fsp3) is 0.300. The molecule has 4 amide bonds. The third kappa shape index (κ3) is 6.73. The van der Waals surface area contributed by atoms with Crippen LogP contribution in [0.3, 0.4) is 0 Å². The number of amides is 4. The molecular weight excluding hydrogens is 728 g/mol. The molecule has 5 aromatic rings. The van der Waals surface area contributed by atoms with Gasteiger partial charge in [0.05, 0.1) is 26.2 Å². The summed E-state index contributed by atoms with van der Waals surface area (Å²) < 4.78 is 0. The van der Waals surface area contributed by atoms with Crippen LogP contribution in [-0.4, -0.2) is 140 Å². The van der Waals surface area contributed by atoms with Crippen LogP contribution in [0.25, 0.3) is 43.1 Å². The lowest BCUT2D eigenvalue weighted by Gasteiger charge is -2.30. The second-order valence-corrected chi connectivity index (χ2v) is 14.1. The maximum absolute atomic E-state index is 13.9. The summed E-state index contributed by atoms with van der Waals surface area (Å²) in [5.41, 5.74) is 1.34. The van der Waals surface area contributed by atoms with Gasteiger partial charge in [-0.1, -0.05) is 24.3 Å². The maximum atomic E-state index is 13.9. The molecule has 2 aliphatic heterocycles. The largest absolute Gasteiger partial charge is 0.480 e. The molecule has 0 aliphatic carbocycles. The van der Waals surface area contributed by atoms with Crippen molar-refractivity contribution in [3.8, 4) is 0 Å². The number of imide groups is 2. The zero-order chi connectivity index (χ0) is 40.0. The quantitative estimate of drug-likeness (QED) is 0.0434. The highest BCUT2D eigenvalue weighted by Crippen LogP contribution is 2.46. The number of carbonyl (C=O) groups is 8. The molecule has 0 fully saturated rings. The summed E-state index contributed by atoms with van der Waals surface area (Å²) in [7, 11) is 0. The fourth-order valence-corrected chi connectivity index (χ4v) is 8.18. The van der Waals surface area contributed by atoms with Crippen molar-refractivity contribution >= 4 is 90.6 Å². The zero-order valence-corrected chi connectivity index (χ0v) is 29.9. The van der Waals surface area contributed by atoms with Gasteiger partial charge in [0.1, 0.15) is 0 Å². The van der Waals surface area contributed by atoms with Gasteiger partial charge in [-0.2, -0.15) is 0 Å². The van der Waals surface area contributed by atoms with Crippen LogP contribution >= 0.6 is 0 Å². The molecule has 16 heteroatoms. The SMILES string of the molecule is O=C(O)CN(CCCCN1C(=O)c2ccc3c4ccc5c6c(ccc(c7ccc(c2c37)C1=O)c64)C(=O)N(CCCCN(CC(=O)O)CC(=O)O)C5=O)CC(=O)O. The average Bonchev–Trinajstić information content (AvgIpc) is 3.13. The van der Waals surface area contributed by atoms with Crippen molar-refractivity contribution in [2.75, 3.05) is 52.4 Å². The van der Waals surface area contributed by atoms with Crippen LogP contribution in [0.5, 0.6) is 0 Å². The highest BCUT2D eigenvalue weighted by molar-refractivity contribution is 6.41. The molecule has 16 nitrogen and oxygen atoms in total. The number of nitrogens with zero attached hydrogens (tertiary/aromatic N) is 4. The lowest BCUT2D eigenvalue weighted by atomic mass is 9.82. The van der Waals surface area contributed by atoms with Crippen LogP contribution in [0.1, 0.15) is 67.1 Å². The van der Waals surface area contributed by atoms with Crippen molar-refractivity contribution in [1.82, 2.24) is 19.6 Å². The number of benzene rings is 5. The van der Waals surface area contributed by atoms with Gasteiger partial charge in [0.2, 0.25) is 0 Å². The Morgan fingerprint density at radius 3 is 0.929 bits per heavy atom. The third-order valence-corrected chi connectivity index (χ3v) is 10.5. The van der Waals surface area contributed by atoms with E-state index >= 15 is 0 Å². The number of aliphatic carboxylic acids is 4. The Hall–Kier alpha value is -6.52. The Kier molecular flexibility index (Phi) is 10.1. The summed E-state index contributed by atoms with van der Waals surface area (Å²) in [6, 6.07) is 13.9. The lowest BCUT2D eigenvalue weighted by Crippen LogP contribution is -2.41. The number of hydrogen-bond donors (Lipinski definition) is 4. The van der Waals surface area contributed by atoms with Crippen LogP contribution in [0, 0.1) is 0 Å². The summed E-state index contributed by atoms with van der Waals surface area (Å²) in [5, 5.41) is 41.8. The number of fused-ring (bicyclic) bond motifs is 2. The Morgan fingerprint density at radius 1 is 0.411 bits per heavy atom. The minimum Gasteiger partial charge on any atom is -0.480 e. The van der Waals surface area contributed by atoms with Crippen LogP contribution in [-0.2, 0) is 19.2 Å². The fourth-order valence-electron chi connectivity index (χ4n) is 8.18. The lowest BCUT2D eigenvalue weighted by molar-refractivity contribution is -0.143. The first-order chi connectivity index (χ1) is 26.8. The molecule has 5 aromatic carbocycles. The number of carbonyl (C=O) groups excluding carboxylic acids is 4. The first-order valence-electron chi connectivity index (χ1n) is 18.0. The summed E-state index contributed by atoms with van der Waals surface area (Å²) in [4.78, 5) is 105. The predicted molar refractivity (Wildman–Crippen MR) is 200 cm³/mol. The van der Waals surface area contributed by atoms with Gasteiger partial charge in [-0.3, -0.25) is 58.0 Å². The van der Waals surface area contributed by atoms with E-state index in [0.717, 1.165) is 31.3 Å². The van der Waals surface area contributed by atoms with Gasteiger partial charge in [0, 0.05) is 46.1 Å². The Balaban J connectivity index is 1.16. The highest BCUT2D eigenvalue weighted by Gasteiger charge is 2.36. The van der Waals surface area contributed by atoms with Crippen LogP contribution in [0.15, 0.2) is 48.5 Å². The molecule has 0 saturated carbocycles. The minimum absolute atomic E-state index is 0.0523. The van der Waals surface area contributed by atoms with E-state index in [1.165, 1.54) is 9.80 Å². The molecule has 2 heterocycles. The maximum Gasteiger partial charge on any atom is 0.317 e. The van der Waals surface area contributed by atoms with Crippen molar-refractivity contribution in [2.45, 2.75) is 25.7 Å². The van der Waals surface area contributed by atoms with Gasteiger partial charge >= 0.3 is 23.9 Å². The topological polar surface area (TPSA) is 230 Å². The standard InChI is InChI=1S/C40H36N4O12/c45-29(46)17-41(18-30(47)48)13-1-3-15-43-37(53)25-9-5-21-23-7-11-27-36-28(12-8-24(34(23)36)22-6-10-26(38(43)54)35(25)33(21)22)40(56)44(39(27)55)16-4-2-14-42(19-31(49)50)20-32(51)52/h5-12H,1-4,13-20H2,(H,45,46)(H,47,48)(H,49,50)(H,51,52). The average molecular weight is 765 g/mol. The third-order valence-electron chi connectivity index (χ3n) is 10.5. The van der Waals surface area contributed by atoms with E-state index in [1.807, 2.05) is 0 Å². The van der Waals surface area contributed by atoms with Crippen molar-refractivity contribution in [3.05, 3.63) is 70.8 Å². The van der Waals surface area contributed by atoms with E-state index in [1.54, 1.807) is 48.5 Å². The molecule has 0 saturated heterocycles. The number of hydrogen-bond acceptors (Lipinski definition) is 10. The molecule has 0 radical (unpaired) electrons. The van der Waals surface area contributed by atoms with Gasteiger partial charge in [-0.15, -0.1) is 0 Å². The van der Waals surface area contributed by atoms with Crippen molar-refractivity contribution in [3.63, 3.8) is 0 Å². The first-order valence-corrected chi connectivity index (χ1v) is 18.0. The van der Waals surface area contributed by atoms with Gasteiger partial charge in [-0.05, 0) is 95.4 Å². The van der Waals surface area contributed by atoms with E-state index in [4.69, 9.17) is 20.4 Å². The number of rotatable bonds is 18. The molecule has 2 aliphatic rings. The van der Waals surface area contributed by atoms with Crippen molar-refractivity contribution in [2.24, 2.45) is 0 Å². The van der Waals surface area contributed by atoms with E-state index < -0.39 is 73.7 Å². The molecule has 0 unspecified atom stereocenters. The van der Waals surface area contributed by atoms with Gasteiger partial charge < -0.3 is 20.4 Å². The van der Waals surface area contributed by atoms with Gasteiger partial charge in [0.15, 0.2) is 0 Å². The molecule has 4 N–H and O–H groups in total. The second-order valence-electron chi connectivity index (χ2n) is 14.1. The Morgan fingerprint density at radius 2 is 0.679 bits per heavy atom. The molecule has 0 spiro atoms. The molecule has 0 aromatic heterocycles. The monoisotopic (exact) mass is 764 g/mol. The van der Waals surface area contributed by atoms with Crippen molar-refractivity contribution < 1.29 is 58.8 Å². The summed E-state index contributed by atoms with van der Waals surface area (Å²) in [6.07, 6.45) is 1.37. The van der Waals surface area contributed by atoms with Crippen LogP contribution in [0.2, 0.25) is 0 Å². The van der Waals surface area contributed by atoms with Gasteiger partial charge in [0.25, 0.3) is 23.6 Å². The van der Waals surface area contributed by atoms with Crippen LogP contribution < -0.4 is 0 Å². The van der Waals surface area contributed by atoms with Gasteiger partial charge in [-0.25, -0.2) is 0 Å². The van der Waals surface area contributed by atoms with E-state index in [0.29, 0.717) is 69.5 Å². The summed E-state index contributed by atoms with van der Waals surface area (Å²) >= 11 is 0. The molecule has 0 bridgehead atoms. The predicted octanol–water partition coefficient (Wildman–Crippen LogP) is 3.43. The van der Waals surface area contributed by atoms with E-state index in [-0.39, 0.29) is 26.2 Å². The highest BCUT2D eigenvalue weighted by atomic mass is 16.4. The molecule has 288 valence electrons. The molecule has 7 rings (SSSR count). The number of carboxylic acid groups (broad SMARTS) is 4. The second kappa shape index (κ2) is 15.0. The number of carboxylic acids is 4. The molecule has 56 heavy (non-hydrogen) atoms. The molecular formula is C40H36N4O12. The molecule has 0 atom stereocenters. The Bertz CT molecular complexity index is 2200. The van der Waals surface area contributed by atoms with E-state index in [2.05, 4.69) is 0 Å². The normalized spacial score (nSPS) is 14.1. The summed E-state index contributed by atoms with van der Waals surface area (Å²) in [5.74, 6) is -6.58. The first kappa shape index (κ1) is 37.8. The van der Waals surface area contributed by atoms with Crippen molar-refractivity contribution in [1.29, 1.82) is 0 Å². The van der Waals surface area contributed by atoms with Crippen LogP contribution in [0.4, 0.5) is 0 Å². The zero-order valence-electron chi connectivity index (χ0n) is 29.9. The smallest absolute Gasteiger partial charge is 0.317 e. The Labute approximate surface area is 317 Å². The van der Waals surface area contributed by atoms with E-state index in [9.17, 15) is 38.4 Å². The number of unbranched alkanes of at least 4 members (excludes halogenated alkanes) is 2. The minimum atomic E-state index is -1.16. The summed E-state index contributed by atoms with van der Waals surface area (Å²) in [6.45, 7) is -1.38.